The molecule has 3 aromatic rings. The first-order valence-corrected chi connectivity index (χ1v) is 7.69. The molecule has 3 rings (SSSR count). The average molecular weight is 312 g/mol. The van der Waals surface area contributed by atoms with Crippen LogP contribution in [0.25, 0.3) is 22.3 Å². The molecule has 0 unspecified atom stereocenters. The molecule has 0 amide bonds. The minimum absolute atomic E-state index is 0.0555. The van der Waals surface area contributed by atoms with Crippen molar-refractivity contribution >= 4 is 34.3 Å². The predicted molar refractivity (Wildman–Crippen MR) is 78.5 cm³/mol. The zero-order chi connectivity index (χ0) is 14.1. The maximum Gasteiger partial charge on any atom is 0.209 e. The van der Waals surface area contributed by atoms with E-state index in [1.54, 1.807) is 17.8 Å². The molecular formula is C12H11ClFN5S. The molecule has 104 valence electrons. The van der Waals surface area contributed by atoms with E-state index in [2.05, 4.69) is 20.6 Å². The maximum absolute atomic E-state index is 14.4. The Hall–Kier alpha value is -1.60. The van der Waals surface area contributed by atoms with Crippen LogP contribution < -0.4 is 0 Å². The minimum Gasteiger partial charge on any atom is -0.346 e. The van der Waals surface area contributed by atoms with Gasteiger partial charge in [0.15, 0.2) is 5.82 Å². The molecule has 0 aliphatic heterocycles. The van der Waals surface area contributed by atoms with Gasteiger partial charge in [-0.3, -0.25) is 0 Å². The summed E-state index contributed by atoms with van der Waals surface area (Å²) in [6.07, 6.45) is 3.95. The van der Waals surface area contributed by atoms with E-state index in [1.165, 1.54) is 0 Å². The predicted octanol–water partition coefficient (Wildman–Crippen LogP) is 2.98. The number of hydrogen-bond donors (Lipinski definition) is 1. The standard InChI is InChI=1S/C12H11ClFN5S/c1-20-5-4-19-3-2-7-6-8(13)10(14)9(11(7)19)12-15-17-18-16-12/h2-3,6H,4-5H2,1H3,(H,15,16,17,18). The summed E-state index contributed by atoms with van der Waals surface area (Å²) < 4.78 is 16.4. The monoisotopic (exact) mass is 311 g/mol. The Kier molecular flexibility index (Phi) is 3.62. The number of aromatic amines is 1. The highest BCUT2D eigenvalue weighted by atomic mass is 35.5. The van der Waals surface area contributed by atoms with Crippen molar-refractivity contribution in [2.75, 3.05) is 12.0 Å². The quantitative estimate of drug-likeness (QED) is 0.804. The van der Waals surface area contributed by atoms with Gasteiger partial charge in [-0.25, -0.2) is 4.39 Å². The number of nitrogens with zero attached hydrogens (tertiary/aromatic N) is 4. The first-order chi connectivity index (χ1) is 9.72. The third kappa shape index (κ3) is 2.16. The molecule has 0 atom stereocenters. The molecule has 2 heterocycles. The summed E-state index contributed by atoms with van der Waals surface area (Å²) in [5, 5.41) is 14.5. The largest absolute Gasteiger partial charge is 0.346 e. The lowest BCUT2D eigenvalue weighted by Crippen LogP contribution is -2.01. The molecule has 0 saturated heterocycles. The molecule has 0 radical (unpaired) electrons. The van der Waals surface area contributed by atoms with Crippen LogP contribution in [0.15, 0.2) is 18.3 Å². The Morgan fingerprint density at radius 1 is 1.50 bits per heavy atom. The van der Waals surface area contributed by atoms with Crippen molar-refractivity contribution in [2.24, 2.45) is 0 Å². The summed E-state index contributed by atoms with van der Waals surface area (Å²) in [7, 11) is 0. The fraction of sp³-hybridized carbons (Fsp3) is 0.250. The number of tetrazole rings is 1. The van der Waals surface area contributed by atoms with Crippen molar-refractivity contribution in [3.63, 3.8) is 0 Å². The molecule has 5 nitrogen and oxygen atoms in total. The molecule has 0 fully saturated rings. The number of thioether (sulfide) groups is 1. The molecule has 20 heavy (non-hydrogen) atoms. The van der Waals surface area contributed by atoms with Gasteiger partial charge >= 0.3 is 0 Å². The van der Waals surface area contributed by atoms with Crippen LogP contribution in [0, 0.1) is 5.82 Å². The number of H-pyrrole nitrogens is 1. The van der Waals surface area contributed by atoms with Crippen molar-refractivity contribution in [1.29, 1.82) is 0 Å². The van der Waals surface area contributed by atoms with Crippen LogP contribution in [-0.2, 0) is 6.54 Å². The summed E-state index contributed by atoms with van der Waals surface area (Å²) in [6.45, 7) is 0.774. The molecule has 2 aromatic heterocycles. The fourth-order valence-corrected chi connectivity index (χ4v) is 2.76. The molecule has 0 aliphatic rings. The highest BCUT2D eigenvalue weighted by molar-refractivity contribution is 7.98. The van der Waals surface area contributed by atoms with E-state index in [0.29, 0.717) is 0 Å². The van der Waals surface area contributed by atoms with E-state index < -0.39 is 5.82 Å². The first kappa shape index (κ1) is 13.4. The highest BCUT2D eigenvalue weighted by Crippen LogP contribution is 2.34. The van der Waals surface area contributed by atoms with E-state index in [0.717, 1.165) is 23.2 Å². The summed E-state index contributed by atoms with van der Waals surface area (Å²) in [4.78, 5) is 0. The first-order valence-electron chi connectivity index (χ1n) is 5.92. The lowest BCUT2D eigenvalue weighted by atomic mass is 10.1. The van der Waals surface area contributed by atoms with Crippen molar-refractivity contribution in [2.45, 2.75) is 6.54 Å². The van der Waals surface area contributed by atoms with Gasteiger partial charge in [-0.1, -0.05) is 11.6 Å². The fourth-order valence-electron chi connectivity index (χ4n) is 2.16. The van der Waals surface area contributed by atoms with Crippen LogP contribution in [0.2, 0.25) is 5.02 Å². The normalized spacial score (nSPS) is 11.3. The number of aryl methyl sites for hydroxylation is 1. The lowest BCUT2D eigenvalue weighted by Gasteiger charge is -2.09. The Balaban J connectivity index is 2.28. The van der Waals surface area contributed by atoms with Crippen molar-refractivity contribution in [3.8, 4) is 11.4 Å². The number of rotatable bonds is 4. The summed E-state index contributed by atoms with van der Waals surface area (Å²) >= 11 is 7.68. The van der Waals surface area contributed by atoms with E-state index in [-0.39, 0.29) is 16.4 Å². The van der Waals surface area contributed by atoms with Gasteiger partial charge in [-0.2, -0.15) is 17.0 Å². The number of nitrogens with one attached hydrogen (secondary N) is 1. The smallest absolute Gasteiger partial charge is 0.209 e. The van der Waals surface area contributed by atoms with E-state index in [9.17, 15) is 4.39 Å². The van der Waals surface area contributed by atoms with Crippen LogP contribution in [-0.4, -0.2) is 37.2 Å². The van der Waals surface area contributed by atoms with Gasteiger partial charge in [0.25, 0.3) is 0 Å². The Labute approximate surface area is 123 Å². The van der Waals surface area contributed by atoms with Gasteiger partial charge in [0.2, 0.25) is 5.82 Å². The lowest BCUT2D eigenvalue weighted by molar-refractivity contribution is 0.630. The van der Waals surface area contributed by atoms with Crippen LogP contribution in [0.5, 0.6) is 0 Å². The zero-order valence-electron chi connectivity index (χ0n) is 10.6. The number of aromatic nitrogens is 5. The van der Waals surface area contributed by atoms with Crippen LogP contribution in [0.4, 0.5) is 4.39 Å². The molecule has 0 spiro atoms. The third-order valence-corrected chi connectivity index (χ3v) is 3.91. The average Bonchev–Trinajstić information content (AvgIpc) is 3.08. The topological polar surface area (TPSA) is 59.4 Å². The van der Waals surface area contributed by atoms with Gasteiger partial charge in [0.1, 0.15) is 0 Å². The Bertz CT molecular complexity index is 740. The second kappa shape index (κ2) is 5.41. The molecule has 8 heteroatoms. The third-order valence-electron chi connectivity index (χ3n) is 3.05. The summed E-state index contributed by atoms with van der Waals surface area (Å²) in [5.41, 5.74) is 1.02. The summed E-state index contributed by atoms with van der Waals surface area (Å²) in [6, 6.07) is 3.52. The van der Waals surface area contributed by atoms with Gasteiger partial charge in [-0.05, 0) is 23.6 Å². The van der Waals surface area contributed by atoms with Crippen LogP contribution in [0.3, 0.4) is 0 Å². The molecule has 1 aromatic carbocycles. The molecular weight excluding hydrogens is 301 g/mol. The zero-order valence-corrected chi connectivity index (χ0v) is 12.2. The maximum atomic E-state index is 14.4. The van der Waals surface area contributed by atoms with E-state index >= 15 is 0 Å². The Morgan fingerprint density at radius 2 is 2.35 bits per heavy atom. The van der Waals surface area contributed by atoms with E-state index in [1.807, 2.05) is 23.1 Å². The van der Waals surface area contributed by atoms with Gasteiger partial charge < -0.3 is 4.57 Å². The van der Waals surface area contributed by atoms with Gasteiger partial charge in [0.05, 0.1) is 16.1 Å². The summed E-state index contributed by atoms with van der Waals surface area (Å²) in [5.74, 6) is 0.614. The van der Waals surface area contributed by atoms with Gasteiger partial charge in [0, 0.05) is 23.9 Å². The van der Waals surface area contributed by atoms with Gasteiger partial charge in [-0.15, -0.1) is 10.2 Å². The molecule has 0 bridgehead atoms. The molecule has 0 aliphatic carbocycles. The van der Waals surface area contributed by atoms with E-state index in [4.69, 9.17) is 11.6 Å². The number of halogens is 2. The van der Waals surface area contributed by atoms with Crippen molar-refractivity contribution in [1.82, 2.24) is 25.2 Å². The number of benzene rings is 1. The van der Waals surface area contributed by atoms with Crippen molar-refractivity contribution < 1.29 is 4.39 Å². The second-order valence-electron chi connectivity index (χ2n) is 4.22. The highest BCUT2D eigenvalue weighted by Gasteiger charge is 2.20. The Morgan fingerprint density at radius 3 is 3.05 bits per heavy atom. The molecule has 1 N–H and O–H groups in total. The number of hydrogen-bond acceptors (Lipinski definition) is 4. The van der Waals surface area contributed by atoms with Crippen molar-refractivity contribution in [3.05, 3.63) is 29.2 Å². The van der Waals surface area contributed by atoms with Crippen LogP contribution >= 0.6 is 23.4 Å². The molecule has 0 saturated carbocycles. The second-order valence-corrected chi connectivity index (χ2v) is 5.62. The SMILES string of the molecule is CSCCn1ccc2cc(Cl)c(F)c(-c3nn[nH]n3)c21. The van der Waals surface area contributed by atoms with Crippen LogP contribution in [0.1, 0.15) is 0 Å². The minimum atomic E-state index is -0.523. The number of fused-ring (bicyclic) bond motifs is 1.